The van der Waals surface area contributed by atoms with Crippen molar-refractivity contribution in [3.8, 4) is 6.07 Å². The van der Waals surface area contributed by atoms with E-state index in [1.807, 2.05) is 19.9 Å². The van der Waals surface area contributed by atoms with Gasteiger partial charge < -0.3 is 5.32 Å². The minimum atomic E-state index is -0.529. The third-order valence-electron chi connectivity index (χ3n) is 2.52. The number of rotatable bonds is 5. The molecule has 0 saturated carbocycles. The van der Waals surface area contributed by atoms with Gasteiger partial charge in [-0.15, -0.1) is 0 Å². The first kappa shape index (κ1) is 12.9. The third kappa shape index (κ3) is 3.14. The van der Waals surface area contributed by atoms with E-state index in [-0.39, 0.29) is 23.1 Å². The van der Waals surface area contributed by atoms with Gasteiger partial charge in [-0.05, 0) is 12.8 Å². The van der Waals surface area contributed by atoms with Gasteiger partial charge in [-0.2, -0.15) is 5.26 Å². The first-order valence-corrected chi connectivity index (χ1v) is 5.43. The zero-order valence-corrected chi connectivity index (χ0v) is 9.80. The number of anilines is 1. The van der Waals surface area contributed by atoms with Crippen LogP contribution >= 0.6 is 0 Å². The second kappa shape index (κ2) is 5.80. The number of hydrogen-bond donors (Lipinski definition) is 1. The molecule has 0 amide bonds. The molecule has 0 radical (unpaired) electrons. The molecule has 0 aliphatic rings. The Balaban J connectivity index is 3.07. The molecule has 0 unspecified atom stereocenters. The van der Waals surface area contributed by atoms with Crippen molar-refractivity contribution in [2.45, 2.75) is 32.7 Å². The largest absolute Gasteiger partial charge is 0.362 e. The molecule has 0 aliphatic heterocycles. The SMILES string of the molecule is CCC(CC)Nc1ncc(C#N)cc1[N+](=O)[O-]. The molecule has 6 nitrogen and oxygen atoms in total. The Morgan fingerprint density at radius 2 is 2.24 bits per heavy atom. The van der Waals surface area contributed by atoms with E-state index < -0.39 is 4.92 Å². The van der Waals surface area contributed by atoms with E-state index in [0.29, 0.717) is 0 Å². The van der Waals surface area contributed by atoms with Gasteiger partial charge in [-0.1, -0.05) is 13.8 Å². The zero-order chi connectivity index (χ0) is 12.8. The fourth-order valence-corrected chi connectivity index (χ4v) is 1.45. The number of hydrogen-bond acceptors (Lipinski definition) is 5. The summed E-state index contributed by atoms with van der Waals surface area (Å²) < 4.78 is 0. The summed E-state index contributed by atoms with van der Waals surface area (Å²) >= 11 is 0. The highest BCUT2D eigenvalue weighted by atomic mass is 16.6. The molecule has 17 heavy (non-hydrogen) atoms. The third-order valence-corrected chi connectivity index (χ3v) is 2.52. The number of aromatic nitrogens is 1. The Labute approximate surface area is 99.4 Å². The molecule has 1 heterocycles. The van der Waals surface area contributed by atoms with Crippen LogP contribution in [0.3, 0.4) is 0 Å². The second-order valence-corrected chi connectivity index (χ2v) is 3.62. The van der Waals surface area contributed by atoms with Gasteiger partial charge in [-0.25, -0.2) is 4.98 Å². The van der Waals surface area contributed by atoms with Crippen LogP contribution in [0.2, 0.25) is 0 Å². The molecular weight excluding hydrogens is 220 g/mol. The number of nitriles is 1. The van der Waals surface area contributed by atoms with Gasteiger partial charge in [0.05, 0.1) is 10.5 Å². The van der Waals surface area contributed by atoms with Crippen LogP contribution in [0.1, 0.15) is 32.3 Å². The van der Waals surface area contributed by atoms with Crippen LogP contribution < -0.4 is 5.32 Å². The average Bonchev–Trinajstić information content (AvgIpc) is 2.35. The van der Waals surface area contributed by atoms with Crippen molar-refractivity contribution in [2.24, 2.45) is 0 Å². The highest BCUT2D eigenvalue weighted by molar-refractivity contribution is 5.58. The Kier molecular flexibility index (Phi) is 4.40. The summed E-state index contributed by atoms with van der Waals surface area (Å²) in [5.74, 6) is 0.225. The maximum atomic E-state index is 10.9. The Bertz CT molecular complexity index is 449. The lowest BCUT2D eigenvalue weighted by Crippen LogP contribution is -2.18. The lowest BCUT2D eigenvalue weighted by Gasteiger charge is -2.15. The van der Waals surface area contributed by atoms with Gasteiger partial charge >= 0.3 is 5.69 Å². The molecule has 0 spiro atoms. The van der Waals surface area contributed by atoms with E-state index >= 15 is 0 Å². The maximum Gasteiger partial charge on any atom is 0.312 e. The summed E-state index contributed by atoms with van der Waals surface area (Å²) in [5.41, 5.74) is 0.0303. The first-order valence-electron chi connectivity index (χ1n) is 5.43. The van der Waals surface area contributed by atoms with Gasteiger partial charge in [0.2, 0.25) is 5.82 Å². The Morgan fingerprint density at radius 3 is 2.71 bits per heavy atom. The van der Waals surface area contributed by atoms with Crippen LogP contribution in [0.4, 0.5) is 11.5 Å². The lowest BCUT2D eigenvalue weighted by molar-refractivity contribution is -0.384. The highest BCUT2D eigenvalue weighted by Crippen LogP contribution is 2.23. The normalized spacial score (nSPS) is 10.0. The summed E-state index contributed by atoms with van der Waals surface area (Å²) in [7, 11) is 0. The van der Waals surface area contributed by atoms with Crippen LogP contribution in [0.15, 0.2) is 12.3 Å². The van der Waals surface area contributed by atoms with Gasteiger partial charge in [0.25, 0.3) is 0 Å². The fourth-order valence-electron chi connectivity index (χ4n) is 1.45. The Hall–Kier alpha value is -2.16. The van der Waals surface area contributed by atoms with Gasteiger partial charge in [0.15, 0.2) is 0 Å². The minimum Gasteiger partial charge on any atom is -0.362 e. The molecule has 6 heteroatoms. The van der Waals surface area contributed by atoms with Crippen LogP contribution in [-0.2, 0) is 0 Å². The number of pyridine rings is 1. The maximum absolute atomic E-state index is 10.9. The van der Waals surface area contributed by atoms with E-state index in [2.05, 4.69) is 10.3 Å². The monoisotopic (exact) mass is 234 g/mol. The predicted octanol–water partition coefficient (Wildman–Crippen LogP) is 2.46. The average molecular weight is 234 g/mol. The van der Waals surface area contributed by atoms with Crippen LogP contribution in [0, 0.1) is 21.4 Å². The summed E-state index contributed by atoms with van der Waals surface area (Å²) in [6.45, 7) is 3.99. The molecule has 0 atom stereocenters. The van der Waals surface area contributed by atoms with E-state index in [0.717, 1.165) is 12.8 Å². The van der Waals surface area contributed by atoms with Crippen molar-refractivity contribution in [1.82, 2.24) is 4.98 Å². The molecule has 0 saturated heterocycles. The smallest absolute Gasteiger partial charge is 0.312 e. The van der Waals surface area contributed by atoms with Crippen LogP contribution in [-0.4, -0.2) is 15.9 Å². The van der Waals surface area contributed by atoms with Crippen molar-refractivity contribution < 1.29 is 4.92 Å². The molecule has 0 aliphatic carbocycles. The molecule has 0 aromatic carbocycles. The van der Waals surface area contributed by atoms with Gasteiger partial charge in [-0.3, -0.25) is 10.1 Å². The standard InChI is InChI=1S/C11H14N4O2/c1-3-9(4-2)14-11-10(15(16)17)5-8(6-12)7-13-11/h5,7,9H,3-4H2,1-2H3,(H,13,14). The fraction of sp³-hybridized carbons (Fsp3) is 0.455. The first-order chi connectivity index (χ1) is 8.12. The topological polar surface area (TPSA) is 91.8 Å². The minimum absolute atomic E-state index is 0.147. The molecular formula is C11H14N4O2. The van der Waals surface area contributed by atoms with Crippen molar-refractivity contribution in [1.29, 1.82) is 5.26 Å². The van der Waals surface area contributed by atoms with E-state index in [9.17, 15) is 10.1 Å². The molecule has 1 aromatic rings. The zero-order valence-electron chi connectivity index (χ0n) is 9.80. The Morgan fingerprint density at radius 1 is 1.59 bits per heavy atom. The van der Waals surface area contributed by atoms with E-state index in [1.165, 1.54) is 12.3 Å². The van der Waals surface area contributed by atoms with Crippen molar-refractivity contribution >= 4 is 11.5 Å². The van der Waals surface area contributed by atoms with Gasteiger partial charge in [0, 0.05) is 18.3 Å². The molecule has 1 N–H and O–H groups in total. The molecule has 1 rings (SSSR count). The predicted molar refractivity (Wildman–Crippen MR) is 63.6 cm³/mol. The second-order valence-electron chi connectivity index (χ2n) is 3.62. The van der Waals surface area contributed by atoms with Crippen LogP contribution in [0.25, 0.3) is 0 Å². The van der Waals surface area contributed by atoms with Crippen molar-refractivity contribution in [2.75, 3.05) is 5.32 Å². The van der Waals surface area contributed by atoms with Gasteiger partial charge in [0.1, 0.15) is 6.07 Å². The van der Waals surface area contributed by atoms with Crippen LogP contribution in [0.5, 0.6) is 0 Å². The molecule has 90 valence electrons. The quantitative estimate of drug-likeness (QED) is 0.624. The number of nitro groups is 1. The van der Waals surface area contributed by atoms with Crippen molar-refractivity contribution in [3.63, 3.8) is 0 Å². The highest BCUT2D eigenvalue weighted by Gasteiger charge is 2.18. The number of nitrogens with one attached hydrogen (secondary N) is 1. The summed E-state index contributed by atoms with van der Waals surface area (Å²) in [4.78, 5) is 14.3. The summed E-state index contributed by atoms with van der Waals surface area (Å²) in [6, 6.07) is 3.22. The lowest BCUT2D eigenvalue weighted by atomic mass is 10.1. The number of nitrogens with zero attached hydrogens (tertiary/aromatic N) is 3. The molecule has 0 fully saturated rings. The van der Waals surface area contributed by atoms with Crippen molar-refractivity contribution in [3.05, 3.63) is 27.9 Å². The van der Waals surface area contributed by atoms with E-state index in [1.54, 1.807) is 0 Å². The molecule has 0 bridgehead atoms. The van der Waals surface area contributed by atoms with E-state index in [4.69, 9.17) is 5.26 Å². The molecule has 1 aromatic heterocycles. The summed E-state index contributed by atoms with van der Waals surface area (Å²) in [5, 5.41) is 22.6. The summed E-state index contributed by atoms with van der Waals surface area (Å²) in [6.07, 6.45) is 3.04.